The van der Waals surface area contributed by atoms with Crippen molar-refractivity contribution >= 4 is 38.4 Å². The summed E-state index contributed by atoms with van der Waals surface area (Å²) in [5.74, 6) is -0.343. The molecule has 0 atom stereocenters. The lowest BCUT2D eigenvalue weighted by molar-refractivity contribution is -0.274. The summed E-state index contributed by atoms with van der Waals surface area (Å²) >= 11 is 9.03. The zero-order chi connectivity index (χ0) is 13.5. The van der Waals surface area contributed by atoms with Crippen molar-refractivity contribution in [3.8, 4) is 5.75 Å². The Hall–Kier alpha value is -1.01. The van der Waals surface area contributed by atoms with Crippen molar-refractivity contribution in [3.05, 3.63) is 33.4 Å². The normalized spacial score (nSPS) is 11.9. The fraction of sp³-hybridized carbons (Fsp3) is 0.182. The number of alkyl halides is 3. The molecule has 0 bridgehead atoms. The summed E-state index contributed by atoms with van der Waals surface area (Å²) in [7, 11) is 0. The Kier molecular flexibility index (Phi) is 3.42. The van der Waals surface area contributed by atoms with Crippen LogP contribution in [-0.2, 0) is 0 Å². The van der Waals surface area contributed by atoms with Gasteiger partial charge in [-0.15, -0.1) is 13.2 Å². The van der Waals surface area contributed by atoms with Gasteiger partial charge in [-0.05, 0) is 40.5 Å². The topological polar surface area (TPSA) is 22.1 Å². The summed E-state index contributed by atoms with van der Waals surface area (Å²) < 4.78 is 40.7. The number of ether oxygens (including phenoxy) is 1. The van der Waals surface area contributed by atoms with E-state index < -0.39 is 6.36 Å². The number of halogens is 5. The summed E-state index contributed by atoms with van der Waals surface area (Å²) in [4.78, 5) is 4.09. The van der Waals surface area contributed by atoms with Crippen molar-refractivity contribution in [2.24, 2.45) is 0 Å². The number of aryl methyl sites for hydroxylation is 1. The number of nitrogens with zero attached hydrogens (tertiary/aromatic N) is 1. The van der Waals surface area contributed by atoms with Crippen LogP contribution in [0.3, 0.4) is 0 Å². The maximum atomic E-state index is 12.2. The number of pyridine rings is 1. The highest BCUT2D eigenvalue weighted by Gasteiger charge is 2.32. The van der Waals surface area contributed by atoms with Crippen molar-refractivity contribution in [1.29, 1.82) is 0 Å². The molecule has 0 unspecified atom stereocenters. The minimum absolute atomic E-state index is 0.166. The standard InChI is InChI=1S/C11H6BrClF3NO/c1-5-4-17-8-3-7(12)9(18-11(14,15)16)2-6(8)10(5)13/h2-4H,1H3. The molecule has 1 aromatic heterocycles. The summed E-state index contributed by atoms with van der Waals surface area (Å²) in [6, 6.07) is 2.65. The fourth-order valence-corrected chi connectivity index (χ4v) is 2.08. The Morgan fingerprint density at radius 1 is 1.33 bits per heavy atom. The lowest BCUT2D eigenvalue weighted by Crippen LogP contribution is -2.17. The van der Waals surface area contributed by atoms with E-state index in [0.29, 0.717) is 21.5 Å². The summed E-state index contributed by atoms with van der Waals surface area (Å²) in [6.07, 6.45) is -3.19. The molecule has 2 rings (SSSR count). The molecular formula is C11H6BrClF3NO. The molecule has 0 N–H and O–H groups in total. The Labute approximate surface area is 114 Å². The maximum absolute atomic E-state index is 12.2. The molecule has 0 fully saturated rings. The zero-order valence-corrected chi connectivity index (χ0v) is 11.3. The third-order valence-corrected chi connectivity index (χ3v) is 3.38. The van der Waals surface area contributed by atoms with Crippen LogP contribution >= 0.6 is 27.5 Å². The van der Waals surface area contributed by atoms with Crippen LogP contribution in [-0.4, -0.2) is 11.3 Å². The molecule has 0 aliphatic heterocycles. The minimum Gasteiger partial charge on any atom is -0.405 e. The van der Waals surface area contributed by atoms with Crippen LogP contribution in [0.4, 0.5) is 13.2 Å². The summed E-state index contributed by atoms with van der Waals surface area (Å²) in [5, 5.41) is 0.777. The maximum Gasteiger partial charge on any atom is 0.573 e. The smallest absolute Gasteiger partial charge is 0.405 e. The second kappa shape index (κ2) is 4.59. The summed E-state index contributed by atoms with van der Waals surface area (Å²) in [5.41, 5.74) is 1.18. The van der Waals surface area contributed by atoms with E-state index in [9.17, 15) is 13.2 Å². The van der Waals surface area contributed by atoms with Crippen molar-refractivity contribution in [2.45, 2.75) is 13.3 Å². The van der Waals surface area contributed by atoms with Crippen LogP contribution in [0.25, 0.3) is 10.9 Å². The van der Waals surface area contributed by atoms with Gasteiger partial charge < -0.3 is 4.74 Å². The van der Waals surface area contributed by atoms with E-state index in [0.717, 1.165) is 0 Å². The van der Waals surface area contributed by atoms with Crippen LogP contribution < -0.4 is 4.74 Å². The Morgan fingerprint density at radius 3 is 2.61 bits per heavy atom. The molecule has 0 aliphatic carbocycles. The Morgan fingerprint density at radius 2 is 2.00 bits per heavy atom. The van der Waals surface area contributed by atoms with Gasteiger partial charge in [0.15, 0.2) is 0 Å². The third-order valence-electron chi connectivity index (χ3n) is 2.26. The quantitative estimate of drug-likeness (QED) is 0.740. The highest BCUT2D eigenvalue weighted by atomic mass is 79.9. The van der Waals surface area contributed by atoms with Gasteiger partial charge in [0.05, 0.1) is 15.0 Å². The lowest BCUT2D eigenvalue weighted by atomic mass is 10.1. The lowest BCUT2D eigenvalue weighted by Gasteiger charge is -2.12. The number of fused-ring (bicyclic) bond motifs is 1. The van der Waals surface area contributed by atoms with Crippen molar-refractivity contribution in [3.63, 3.8) is 0 Å². The van der Waals surface area contributed by atoms with Gasteiger partial charge in [0, 0.05) is 11.6 Å². The number of benzene rings is 1. The average molecular weight is 341 g/mol. The van der Waals surface area contributed by atoms with Crippen LogP contribution in [0.2, 0.25) is 5.02 Å². The van der Waals surface area contributed by atoms with Crippen molar-refractivity contribution < 1.29 is 17.9 Å². The second-order valence-corrected chi connectivity index (χ2v) is 4.84. The molecule has 1 heterocycles. The number of hydrogen-bond acceptors (Lipinski definition) is 2. The number of hydrogen-bond donors (Lipinski definition) is 0. The van der Waals surface area contributed by atoms with Crippen molar-refractivity contribution in [1.82, 2.24) is 4.98 Å². The molecule has 2 nitrogen and oxygen atoms in total. The first-order valence-corrected chi connectivity index (χ1v) is 5.95. The first-order valence-electron chi connectivity index (χ1n) is 4.78. The molecule has 0 saturated heterocycles. The van der Waals surface area contributed by atoms with Gasteiger partial charge in [-0.3, -0.25) is 4.98 Å². The second-order valence-electron chi connectivity index (χ2n) is 3.60. The molecule has 0 aliphatic rings. The highest BCUT2D eigenvalue weighted by molar-refractivity contribution is 9.10. The van der Waals surface area contributed by atoms with Gasteiger partial charge in [0.1, 0.15) is 5.75 Å². The van der Waals surface area contributed by atoms with E-state index in [1.807, 2.05) is 0 Å². The third kappa shape index (κ3) is 2.70. The fourth-order valence-electron chi connectivity index (χ4n) is 1.46. The van der Waals surface area contributed by atoms with E-state index in [2.05, 4.69) is 25.7 Å². The van der Waals surface area contributed by atoms with E-state index >= 15 is 0 Å². The molecule has 18 heavy (non-hydrogen) atoms. The van der Waals surface area contributed by atoms with E-state index in [4.69, 9.17) is 11.6 Å². The molecule has 0 amide bonds. The summed E-state index contributed by atoms with van der Waals surface area (Å²) in [6.45, 7) is 1.72. The first kappa shape index (κ1) is 13.4. The first-order chi connectivity index (χ1) is 8.28. The van der Waals surface area contributed by atoms with Crippen molar-refractivity contribution in [2.75, 3.05) is 0 Å². The average Bonchev–Trinajstić information content (AvgIpc) is 2.24. The van der Waals surface area contributed by atoms with Gasteiger partial charge in [-0.1, -0.05) is 11.6 Å². The molecular weight excluding hydrogens is 334 g/mol. The van der Waals surface area contributed by atoms with Gasteiger partial charge in [-0.25, -0.2) is 0 Å². The van der Waals surface area contributed by atoms with Gasteiger partial charge in [0.25, 0.3) is 0 Å². The number of aromatic nitrogens is 1. The molecule has 1 aromatic carbocycles. The van der Waals surface area contributed by atoms with E-state index in [1.54, 1.807) is 13.1 Å². The molecule has 0 saturated carbocycles. The van der Waals surface area contributed by atoms with Crippen LogP contribution in [0.1, 0.15) is 5.56 Å². The molecule has 96 valence electrons. The highest BCUT2D eigenvalue weighted by Crippen LogP contribution is 2.36. The van der Waals surface area contributed by atoms with E-state index in [1.165, 1.54) is 12.1 Å². The van der Waals surface area contributed by atoms with Crippen LogP contribution in [0.5, 0.6) is 5.75 Å². The molecule has 7 heteroatoms. The number of rotatable bonds is 1. The van der Waals surface area contributed by atoms with Crippen LogP contribution in [0.15, 0.2) is 22.8 Å². The SMILES string of the molecule is Cc1cnc2cc(Br)c(OC(F)(F)F)cc2c1Cl. The van der Waals surface area contributed by atoms with Gasteiger partial charge in [0.2, 0.25) is 0 Å². The molecule has 0 spiro atoms. The predicted molar refractivity (Wildman–Crippen MR) is 65.9 cm³/mol. The predicted octanol–water partition coefficient (Wildman–Crippen LogP) is 4.86. The Balaban J connectivity index is 2.63. The zero-order valence-electron chi connectivity index (χ0n) is 8.98. The molecule has 2 aromatic rings. The van der Waals surface area contributed by atoms with E-state index in [-0.39, 0.29) is 10.2 Å². The molecule has 0 radical (unpaired) electrons. The van der Waals surface area contributed by atoms with Gasteiger partial charge >= 0.3 is 6.36 Å². The monoisotopic (exact) mass is 339 g/mol. The Bertz CT molecular complexity index is 615. The largest absolute Gasteiger partial charge is 0.573 e. The minimum atomic E-state index is -4.75. The van der Waals surface area contributed by atoms with Gasteiger partial charge in [-0.2, -0.15) is 0 Å². The van der Waals surface area contributed by atoms with Crippen LogP contribution in [0, 0.1) is 6.92 Å².